The highest BCUT2D eigenvalue weighted by atomic mass is 32.2. The summed E-state index contributed by atoms with van der Waals surface area (Å²) in [4.78, 5) is 10.1. The van der Waals surface area contributed by atoms with Gasteiger partial charge in [0.1, 0.15) is 0 Å². The normalized spacial score (nSPS) is 15.6. The number of hydrogen-bond acceptors (Lipinski definition) is 3. The highest BCUT2D eigenvalue weighted by Gasteiger charge is 2.66. The summed E-state index contributed by atoms with van der Waals surface area (Å²) in [6.07, 6.45) is 0.819. The molecule has 0 bridgehead atoms. The lowest BCUT2D eigenvalue weighted by Gasteiger charge is -2.62. The van der Waals surface area contributed by atoms with Crippen molar-refractivity contribution in [2.75, 3.05) is 0 Å². The third kappa shape index (κ3) is 4.98. The molecule has 0 spiro atoms. The van der Waals surface area contributed by atoms with Crippen LogP contribution in [0.25, 0.3) is 0 Å². The van der Waals surface area contributed by atoms with Crippen LogP contribution in [-0.4, -0.2) is 37.0 Å². The van der Waals surface area contributed by atoms with E-state index in [4.69, 9.17) is 5.11 Å². The minimum Gasteiger partial charge on any atom is -0.478 e. The van der Waals surface area contributed by atoms with Crippen LogP contribution in [0, 0.1) is 0 Å². The molecule has 0 amide bonds. The summed E-state index contributed by atoms with van der Waals surface area (Å²) >= 11 is 0. The van der Waals surface area contributed by atoms with Gasteiger partial charge >= 0.3 is 5.97 Å². The summed E-state index contributed by atoms with van der Waals surface area (Å²) in [5, 5.41) is 8.10. The molecule has 0 saturated heterocycles. The highest BCUT2D eigenvalue weighted by molar-refractivity contribution is 7.88. The number of carbonyl (C=O) groups is 1. The van der Waals surface area contributed by atoms with Crippen molar-refractivity contribution in [3.63, 3.8) is 0 Å². The van der Waals surface area contributed by atoms with E-state index in [2.05, 4.69) is 68.9 Å². The summed E-state index contributed by atoms with van der Waals surface area (Å²) in [6.45, 7) is 22.2. The van der Waals surface area contributed by atoms with Crippen molar-refractivity contribution in [2.45, 2.75) is 102 Å². The Morgan fingerprint density at radius 1 is 0.962 bits per heavy atom. The van der Waals surface area contributed by atoms with Crippen LogP contribution in [0.4, 0.5) is 0 Å². The molecule has 0 aromatic rings. The van der Waals surface area contributed by atoms with Gasteiger partial charge in [-0.1, -0.05) is 68.9 Å². The molecule has 0 aliphatic carbocycles. The molecule has 0 saturated carbocycles. The van der Waals surface area contributed by atoms with Crippen molar-refractivity contribution in [1.29, 1.82) is 0 Å². The standard InChI is InChI=1S/C19H38O5SSi/c1-14(16(20)21)12-11-13-15(25(22,23)24)26(17(2,3)4,18(5,6)7)19(8,9)10/h15H,1,11-13H2,2-10H3,(H,20,21)(H,22,23,24). The van der Waals surface area contributed by atoms with Gasteiger partial charge in [0.05, 0.1) is 12.9 Å². The molecular formula is C19H38O5SSi. The maximum absolute atomic E-state index is 12.6. The second kappa shape index (κ2) is 7.76. The summed E-state index contributed by atoms with van der Waals surface area (Å²) in [6, 6.07) is 0. The molecule has 1 unspecified atom stereocenters. The number of aliphatic carboxylic acids is 1. The second-order valence-corrected chi connectivity index (χ2v) is 19.2. The van der Waals surface area contributed by atoms with Crippen molar-refractivity contribution >= 4 is 24.2 Å². The molecule has 0 heterocycles. The fourth-order valence-corrected chi connectivity index (χ4v) is 21.7. The van der Waals surface area contributed by atoms with Crippen LogP contribution in [0.15, 0.2) is 12.2 Å². The largest absolute Gasteiger partial charge is 0.478 e. The van der Waals surface area contributed by atoms with E-state index in [1.165, 1.54) is 0 Å². The number of rotatable bonds is 7. The van der Waals surface area contributed by atoms with E-state index in [0.29, 0.717) is 6.42 Å². The molecule has 1 atom stereocenters. The maximum Gasteiger partial charge on any atom is 0.330 e. The number of carboxylic acid groups (broad SMARTS) is 1. The topological polar surface area (TPSA) is 91.7 Å². The van der Waals surface area contributed by atoms with Crippen molar-refractivity contribution in [3.05, 3.63) is 12.2 Å². The lowest BCUT2D eigenvalue weighted by Crippen LogP contribution is -2.68. The predicted octanol–water partition coefficient (Wildman–Crippen LogP) is 5.44. The SMILES string of the molecule is C=C(CCCC([Si](C(C)(C)C)(C(C)(C)C)C(C)(C)C)S(=O)(=O)O)C(=O)O. The quantitative estimate of drug-likeness (QED) is 0.333. The van der Waals surface area contributed by atoms with E-state index in [9.17, 15) is 17.8 Å². The summed E-state index contributed by atoms with van der Waals surface area (Å²) in [7, 11) is -7.08. The molecule has 0 aromatic carbocycles. The van der Waals surface area contributed by atoms with Crippen LogP contribution in [0.3, 0.4) is 0 Å². The Labute approximate surface area is 161 Å². The van der Waals surface area contributed by atoms with Crippen LogP contribution in [0.5, 0.6) is 0 Å². The average molecular weight is 407 g/mol. The molecular weight excluding hydrogens is 368 g/mol. The van der Waals surface area contributed by atoms with Crippen LogP contribution >= 0.6 is 0 Å². The second-order valence-electron chi connectivity index (χ2n) is 10.4. The van der Waals surface area contributed by atoms with Gasteiger partial charge in [-0.3, -0.25) is 4.55 Å². The lowest BCUT2D eigenvalue weighted by atomic mass is 10.1. The van der Waals surface area contributed by atoms with Crippen molar-refractivity contribution in [1.82, 2.24) is 0 Å². The van der Waals surface area contributed by atoms with Crippen LogP contribution < -0.4 is 0 Å². The van der Waals surface area contributed by atoms with E-state index in [-0.39, 0.29) is 33.5 Å². The molecule has 0 aliphatic rings. The Bertz CT molecular complexity index is 594. The van der Waals surface area contributed by atoms with Crippen molar-refractivity contribution in [2.24, 2.45) is 0 Å². The van der Waals surface area contributed by atoms with Gasteiger partial charge in [0, 0.05) is 5.57 Å². The maximum atomic E-state index is 12.6. The van der Waals surface area contributed by atoms with Crippen molar-refractivity contribution in [3.8, 4) is 0 Å². The molecule has 26 heavy (non-hydrogen) atoms. The lowest BCUT2D eigenvalue weighted by molar-refractivity contribution is -0.132. The summed E-state index contributed by atoms with van der Waals surface area (Å²) in [5.74, 6) is -1.07. The molecule has 5 nitrogen and oxygen atoms in total. The third-order valence-corrected chi connectivity index (χ3v) is 16.9. The van der Waals surface area contributed by atoms with Gasteiger partial charge in [-0.2, -0.15) is 8.42 Å². The van der Waals surface area contributed by atoms with E-state index in [1.54, 1.807) is 0 Å². The third-order valence-electron chi connectivity index (χ3n) is 5.64. The molecule has 2 N–H and O–H groups in total. The minimum absolute atomic E-state index is 0.0635. The monoisotopic (exact) mass is 406 g/mol. The van der Waals surface area contributed by atoms with Gasteiger partial charge in [-0.05, 0) is 34.4 Å². The Hall–Kier alpha value is -0.663. The first-order valence-corrected chi connectivity index (χ1v) is 12.7. The van der Waals surface area contributed by atoms with E-state index < -0.39 is 29.0 Å². The van der Waals surface area contributed by atoms with E-state index in [0.717, 1.165) is 0 Å². The molecule has 0 rings (SSSR count). The van der Waals surface area contributed by atoms with Gasteiger partial charge in [-0.25, -0.2) is 4.79 Å². The average Bonchev–Trinajstić information content (AvgIpc) is 2.30. The van der Waals surface area contributed by atoms with E-state index in [1.807, 2.05) is 0 Å². The van der Waals surface area contributed by atoms with Crippen LogP contribution in [0.2, 0.25) is 15.1 Å². The first-order valence-electron chi connectivity index (χ1n) is 9.08. The smallest absolute Gasteiger partial charge is 0.330 e. The van der Waals surface area contributed by atoms with Gasteiger partial charge in [0.15, 0.2) is 0 Å². The van der Waals surface area contributed by atoms with Gasteiger partial charge < -0.3 is 5.11 Å². The van der Waals surface area contributed by atoms with Crippen LogP contribution in [-0.2, 0) is 14.9 Å². The summed E-state index contributed by atoms with van der Waals surface area (Å²) in [5.41, 5.74) is 0.0635. The Balaban J connectivity index is 6.43. The summed E-state index contributed by atoms with van der Waals surface area (Å²) < 4.78 is 35.4. The zero-order chi connectivity index (χ0) is 21.4. The molecule has 0 aromatic heterocycles. The predicted molar refractivity (Wildman–Crippen MR) is 111 cm³/mol. The van der Waals surface area contributed by atoms with E-state index >= 15 is 0 Å². The molecule has 0 fully saturated rings. The zero-order valence-corrected chi connectivity index (χ0v) is 19.7. The Morgan fingerprint density at radius 2 is 1.31 bits per heavy atom. The minimum atomic E-state index is -4.31. The fraction of sp³-hybridized carbons (Fsp3) is 0.842. The van der Waals surface area contributed by atoms with Crippen molar-refractivity contribution < 1.29 is 22.9 Å². The Kier molecular flexibility index (Phi) is 7.56. The Morgan fingerprint density at radius 3 is 1.54 bits per heavy atom. The molecule has 7 heteroatoms. The first kappa shape index (κ1) is 25.3. The molecule has 0 aliphatic heterocycles. The fourth-order valence-electron chi connectivity index (χ4n) is 6.02. The zero-order valence-electron chi connectivity index (χ0n) is 17.9. The van der Waals surface area contributed by atoms with Crippen LogP contribution in [0.1, 0.15) is 81.6 Å². The molecule has 0 radical (unpaired) electrons. The first-order chi connectivity index (χ1) is 11.2. The molecule has 154 valence electrons. The number of carboxylic acids is 1. The van der Waals surface area contributed by atoms with Gasteiger partial charge in [-0.15, -0.1) is 0 Å². The van der Waals surface area contributed by atoms with Gasteiger partial charge in [0.25, 0.3) is 10.1 Å². The highest BCUT2D eigenvalue weighted by Crippen LogP contribution is 2.65. The van der Waals surface area contributed by atoms with Gasteiger partial charge in [0.2, 0.25) is 0 Å². The number of hydrogen-bond donors (Lipinski definition) is 2.